The van der Waals surface area contributed by atoms with Gasteiger partial charge in [-0.15, -0.1) is 0 Å². The van der Waals surface area contributed by atoms with Crippen molar-refractivity contribution in [3.63, 3.8) is 0 Å². The topological polar surface area (TPSA) is 85.7 Å². The molecule has 0 atom stereocenters. The Morgan fingerprint density at radius 1 is 1.08 bits per heavy atom. The Balaban J connectivity index is 2.15. The molecule has 7 nitrogen and oxygen atoms in total. The molecule has 2 N–H and O–H groups in total. The van der Waals surface area contributed by atoms with Crippen LogP contribution in [-0.2, 0) is 0 Å². The molecular weight excluding hydrogens is 330 g/mol. The highest BCUT2D eigenvalue weighted by Crippen LogP contribution is 2.29. The summed E-state index contributed by atoms with van der Waals surface area (Å²) < 4.78 is 10.5. The number of hydrogen-bond donors (Lipinski definition) is 2. The Kier molecular flexibility index (Phi) is 5.54. The number of hydrogen-bond acceptors (Lipinski definition) is 5. The first-order chi connectivity index (χ1) is 11.4. The number of anilines is 2. The van der Waals surface area contributed by atoms with E-state index in [1.54, 1.807) is 45.4 Å². The first kappa shape index (κ1) is 17.5. The van der Waals surface area contributed by atoms with Crippen LogP contribution >= 0.6 is 12.2 Å². The third-order valence-electron chi connectivity index (χ3n) is 3.32. The molecule has 2 aromatic carbocycles. The largest absolute Gasteiger partial charge is 0.497 e. The molecule has 0 saturated heterocycles. The maximum atomic E-state index is 10.8. The van der Waals surface area contributed by atoms with E-state index in [-0.39, 0.29) is 5.69 Å². The van der Waals surface area contributed by atoms with E-state index in [4.69, 9.17) is 21.7 Å². The molecule has 2 aromatic rings. The number of nitrogens with one attached hydrogen (secondary N) is 2. The van der Waals surface area contributed by atoms with Gasteiger partial charge in [0.15, 0.2) is 5.11 Å². The van der Waals surface area contributed by atoms with E-state index in [9.17, 15) is 10.1 Å². The fourth-order valence-corrected chi connectivity index (χ4v) is 2.31. The van der Waals surface area contributed by atoms with Crippen molar-refractivity contribution in [2.75, 3.05) is 24.9 Å². The van der Waals surface area contributed by atoms with Gasteiger partial charge in [0, 0.05) is 23.9 Å². The summed E-state index contributed by atoms with van der Waals surface area (Å²) in [6.45, 7) is 1.77. The molecule has 0 unspecified atom stereocenters. The summed E-state index contributed by atoms with van der Waals surface area (Å²) >= 11 is 5.30. The van der Waals surface area contributed by atoms with Crippen LogP contribution < -0.4 is 20.1 Å². The number of ether oxygens (including phenoxy) is 2. The minimum Gasteiger partial charge on any atom is -0.497 e. The molecule has 8 heteroatoms. The van der Waals surface area contributed by atoms with E-state index in [1.807, 2.05) is 0 Å². The molecule has 126 valence electrons. The van der Waals surface area contributed by atoms with Crippen molar-refractivity contribution in [3.05, 3.63) is 52.1 Å². The Morgan fingerprint density at radius 3 is 2.38 bits per heavy atom. The SMILES string of the molecule is COc1ccc(OC)c(NC(=S)Nc2ccc([N+](=O)[O-])cc2C)c1. The zero-order valence-electron chi connectivity index (χ0n) is 13.5. The molecule has 0 aliphatic carbocycles. The number of non-ortho nitro benzene ring substituents is 1. The standard InChI is InChI=1S/C16H17N3O4S/c1-10-8-11(19(20)21)4-6-13(10)17-16(24)18-14-9-12(22-2)5-7-15(14)23-3/h4-9H,1-3H3,(H2,17,18,24). The van der Waals surface area contributed by atoms with Gasteiger partial charge in [-0.2, -0.15) is 0 Å². The highest BCUT2D eigenvalue weighted by atomic mass is 32.1. The van der Waals surface area contributed by atoms with Crippen LogP contribution in [-0.4, -0.2) is 24.3 Å². The summed E-state index contributed by atoms with van der Waals surface area (Å²) in [4.78, 5) is 10.3. The third kappa shape index (κ3) is 4.11. The highest BCUT2D eigenvalue weighted by Gasteiger charge is 2.11. The second-order valence-corrected chi connectivity index (χ2v) is 5.31. The maximum absolute atomic E-state index is 10.8. The normalized spacial score (nSPS) is 9.96. The van der Waals surface area contributed by atoms with E-state index in [0.29, 0.717) is 33.5 Å². The minimum absolute atomic E-state index is 0.0337. The van der Waals surface area contributed by atoms with Crippen LogP contribution in [0.3, 0.4) is 0 Å². The fourth-order valence-electron chi connectivity index (χ4n) is 2.09. The number of benzene rings is 2. The van der Waals surface area contributed by atoms with Crippen molar-refractivity contribution >= 4 is 34.4 Å². The van der Waals surface area contributed by atoms with Gasteiger partial charge in [-0.25, -0.2) is 0 Å². The molecule has 0 aromatic heterocycles. The Hall–Kier alpha value is -2.87. The lowest BCUT2D eigenvalue weighted by atomic mass is 10.2. The van der Waals surface area contributed by atoms with Crippen molar-refractivity contribution in [2.24, 2.45) is 0 Å². The van der Waals surface area contributed by atoms with Crippen molar-refractivity contribution in [1.29, 1.82) is 0 Å². The van der Waals surface area contributed by atoms with Gasteiger partial charge in [0.25, 0.3) is 5.69 Å². The van der Waals surface area contributed by atoms with Crippen molar-refractivity contribution in [2.45, 2.75) is 6.92 Å². The third-order valence-corrected chi connectivity index (χ3v) is 3.53. The molecule has 0 bridgehead atoms. The van der Waals surface area contributed by atoms with Gasteiger partial charge in [-0.05, 0) is 42.9 Å². The minimum atomic E-state index is -0.436. The molecule has 0 aliphatic rings. The van der Waals surface area contributed by atoms with E-state index >= 15 is 0 Å². The van der Waals surface area contributed by atoms with Gasteiger partial charge in [-0.3, -0.25) is 10.1 Å². The highest BCUT2D eigenvalue weighted by molar-refractivity contribution is 7.80. The predicted molar refractivity (Wildman–Crippen MR) is 97.2 cm³/mol. The first-order valence-corrected chi connectivity index (χ1v) is 7.40. The Labute approximate surface area is 144 Å². The predicted octanol–water partition coefficient (Wildman–Crippen LogP) is 3.73. The zero-order chi connectivity index (χ0) is 17.7. The van der Waals surface area contributed by atoms with Crippen LogP contribution in [0.1, 0.15) is 5.56 Å². The van der Waals surface area contributed by atoms with E-state index in [0.717, 1.165) is 0 Å². The molecule has 0 radical (unpaired) electrons. The van der Waals surface area contributed by atoms with Crippen LogP contribution in [0.2, 0.25) is 0 Å². The number of methoxy groups -OCH3 is 2. The molecule has 0 amide bonds. The van der Waals surface area contributed by atoms with E-state index < -0.39 is 4.92 Å². The van der Waals surface area contributed by atoms with Crippen LogP contribution in [0.4, 0.5) is 17.1 Å². The smallest absolute Gasteiger partial charge is 0.269 e. The summed E-state index contributed by atoms with van der Waals surface area (Å²) in [5, 5.41) is 17.2. The second-order valence-electron chi connectivity index (χ2n) is 4.90. The lowest BCUT2D eigenvalue weighted by Gasteiger charge is -2.15. The number of nitro groups is 1. The van der Waals surface area contributed by atoms with Crippen molar-refractivity contribution < 1.29 is 14.4 Å². The number of nitro benzene ring substituents is 1. The lowest BCUT2D eigenvalue weighted by Crippen LogP contribution is -2.20. The summed E-state index contributed by atoms with van der Waals surface area (Å²) in [5.41, 5.74) is 2.08. The van der Waals surface area contributed by atoms with Crippen LogP contribution in [0.5, 0.6) is 11.5 Å². The maximum Gasteiger partial charge on any atom is 0.269 e. The van der Waals surface area contributed by atoms with Crippen LogP contribution in [0, 0.1) is 17.0 Å². The summed E-state index contributed by atoms with van der Waals surface area (Å²) in [6, 6.07) is 9.82. The van der Waals surface area contributed by atoms with E-state index in [2.05, 4.69) is 10.6 Å². The number of aryl methyl sites for hydroxylation is 1. The first-order valence-electron chi connectivity index (χ1n) is 6.99. The number of rotatable bonds is 5. The monoisotopic (exact) mass is 347 g/mol. The Morgan fingerprint density at radius 2 is 1.79 bits per heavy atom. The van der Waals surface area contributed by atoms with Crippen LogP contribution in [0.25, 0.3) is 0 Å². The average molecular weight is 347 g/mol. The molecule has 2 rings (SSSR count). The molecule has 0 spiro atoms. The number of thiocarbonyl (C=S) groups is 1. The summed E-state index contributed by atoms with van der Waals surface area (Å²) in [6.07, 6.45) is 0. The zero-order valence-corrected chi connectivity index (χ0v) is 14.3. The van der Waals surface area contributed by atoms with Gasteiger partial charge in [-0.1, -0.05) is 0 Å². The molecule has 0 heterocycles. The lowest BCUT2D eigenvalue weighted by molar-refractivity contribution is -0.384. The molecule has 0 aliphatic heterocycles. The Bertz CT molecular complexity index is 780. The van der Waals surface area contributed by atoms with Crippen LogP contribution in [0.15, 0.2) is 36.4 Å². The molecule has 0 fully saturated rings. The van der Waals surface area contributed by atoms with E-state index in [1.165, 1.54) is 12.1 Å². The molecule has 0 saturated carbocycles. The molecular formula is C16H17N3O4S. The van der Waals surface area contributed by atoms with Gasteiger partial charge < -0.3 is 20.1 Å². The summed E-state index contributed by atoms with van der Waals surface area (Å²) in [7, 11) is 3.13. The second kappa shape index (κ2) is 7.60. The fraction of sp³-hybridized carbons (Fsp3) is 0.188. The summed E-state index contributed by atoms with van der Waals surface area (Å²) in [5.74, 6) is 1.27. The van der Waals surface area contributed by atoms with Crippen molar-refractivity contribution in [1.82, 2.24) is 0 Å². The van der Waals surface area contributed by atoms with Gasteiger partial charge >= 0.3 is 0 Å². The van der Waals surface area contributed by atoms with Gasteiger partial charge in [0.2, 0.25) is 0 Å². The van der Waals surface area contributed by atoms with Gasteiger partial charge in [0.05, 0.1) is 24.8 Å². The molecule has 24 heavy (non-hydrogen) atoms. The average Bonchev–Trinajstić information content (AvgIpc) is 2.56. The van der Waals surface area contributed by atoms with Crippen molar-refractivity contribution in [3.8, 4) is 11.5 Å². The number of nitrogens with zero attached hydrogens (tertiary/aromatic N) is 1. The quantitative estimate of drug-likeness (QED) is 0.484. The van der Waals surface area contributed by atoms with Gasteiger partial charge in [0.1, 0.15) is 11.5 Å².